The number of carbonyl (C=O) groups excluding carboxylic acids is 2. The lowest BCUT2D eigenvalue weighted by Crippen LogP contribution is -2.10. The van der Waals surface area contributed by atoms with Crippen LogP contribution in [0.15, 0.2) is 60.7 Å². The zero-order valence-corrected chi connectivity index (χ0v) is 27.3. The Bertz CT molecular complexity index is 1310. The highest BCUT2D eigenvalue weighted by Crippen LogP contribution is 2.29. The fourth-order valence-corrected chi connectivity index (χ4v) is 5.44. The van der Waals surface area contributed by atoms with Crippen LogP contribution in [0.5, 0.6) is 11.5 Å². The van der Waals surface area contributed by atoms with Crippen LogP contribution >= 0.6 is 22.6 Å². The van der Waals surface area contributed by atoms with Crippen LogP contribution in [0, 0.1) is 9.39 Å². The number of esters is 2. The second-order valence-electron chi connectivity index (χ2n) is 10.2. The molecule has 8 heteroatoms. The Morgan fingerprint density at radius 3 is 2.21 bits per heavy atom. The third-order valence-electron chi connectivity index (χ3n) is 6.84. The highest BCUT2D eigenvalue weighted by molar-refractivity contribution is 14.1. The molecule has 0 unspecified atom stereocenters. The van der Waals surface area contributed by atoms with E-state index in [4.69, 9.17) is 18.9 Å². The van der Waals surface area contributed by atoms with Crippen molar-refractivity contribution in [2.24, 2.45) is 0 Å². The first-order valence-electron chi connectivity index (χ1n) is 15.1. The highest BCUT2D eigenvalue weighted by Gasteiger charge is 2.13. The third-order valence-corrected chi connectivity index (χ3v) is 7.46. The van der Waals surface area contributed by atoms with Crippen LogP contribution in [0.2, 0.25) is 0 Å². The predicted octanol–water partition coefficient (Wildman–Crippen LogP) is 8.50. The van der Waals surface area contributed by atoms with Gasteiger partial charge < -0.3 is 18.9 Å². The molecule has 0 radical (unpaired) electrons. The first-order valence-corrected chi connectivity index (χ1v) is 16.2. The van der Waals surface area contributed by atoms with Crippen molar-refractivity contribution in [3.8, 4) is 22.6 Å². The summed E-state index contributed by atoms with van der Waals surface area (Å²) >= 11 is 2.26. The molecule has 3 aromatic rings. The molecule has 0 spiro atoms. The van der Waals surface area contributed by atoms with Gasteiger partial charge in [0.1, 0.15) is 17.3 Å². The Balaban J connectivity index is 1.48. The van der Waals surface area contributed by atoms with Crippen molar-refractivity contribution in [3.05, 3.63) is 81.2 Å². The summed E-state index contributed by atoms with van der Waals surface area (Å²) in [6, 6.07) is 18.6. The second-order valence-corrected chi connectivity index (χ2v) is 11.4. The quantitative estimate of drug-likeness (QED) is 0.0709. The second kappa shape index (κ2) is 19.2. The minimum absolute atomic E-state index is 0.221. The van der Waals surface area contributed by atoms with E-state index in [1.54, 1.807) is 19.9 Å². The Kier molecular flexibility index (Phi) is 15.3. The minimum atomic E-state index is -0.254. The summed E-state index contributed by atoms with van der Waals surface area (Å²) in [5, 5.41) is 0. The Labute approximate surface area is 268 Å². The standard InChI is InChI=1S/C35H42FIO6/c1-3-40-34(38)17-11-21-43-33-16-10-13-26(32(33)18-19-35(39)41-4-2)12-7-5-6-8-20-42-31-24-28(23-30(37)25-31)27-14-9-15-29(36)22-27/h9-10,13-16,22-25H,3-8,11-12,17-21H2,1-2H3. The number of ether oxygens (including phenoxy) is 4. The van der Waals surface area contributed by atoms with Crippen LogP contribution in [-0.2, 0) is 31.9 Å². The fraction of sp³-hybridized carbons (Fsp3) is 0.429. The number of unbranched alkanes of at least 4 members (excludes halogenated alkanes) is 3. The lowest BCUT2D eigenvalue weighted by Gasteiger charge is -2.16. The smallest absolute Gasteiger partial charge is 0.306 e. The number of aryl methyl sites for hydroxylation is 1. The van der Waals surface area contributed by atoms with Gasteiger partial charge in [0.25, 0.3) is 0 Å². The Morgan fingerprint density at radius 2 is 1.44 bits per heavy atom. The molecule has 3 rings (SSSR count). The van der Waals surface area contributed by atoms with E-state index < -0.39 is 0 Å². The third kappa shape index (κ3) is 12.6. The SMILES string of the molecule is CCOC(=O)CCCOc1cccc(CCCCCCOc2cc(I)cc(-c3cccc(F)c3)c2)c1CCC(=O)OCC. The van der Waals surface area contributed by atoms with Crippen LogP contribution in [0.4, 0.5) is 4.39 Å². The summed E-state index contributed by atoms with van der Waals surface area (Å²) in [5.74, 6) is 0.850. The van der Waals surface area contributed by atoms with Crippen molar-refractivity contribution >= 4 is 34.5 Å². The van der Waals surface area contributed by atoms with Crippen molar-refractivity contribution in [1.29, 1.82) is 0 Å². The van der Waals surface area contributed by atoms with E-state index >= 15 is 0 Å². The van der Waals surface area contributed by atoms with Gasteiger partial charge in [0.2, 0.25) is 0 Å². The molecule has 0 heterocycles. The van der Waals surface area contributed by atoms with E-state index in [1.807, 2.05) is 36.4 Å². The fourth-order valence-electron chi connectivity index (χ4n) is 4.80. The average Bonchev–Trinajstić information content (AvgIpc) is 2.98. The molecule has 232 valence electrons. The van der Waals surface area contributed by atoms with Crippen molar-refractivity contribution < 1.29 is 32.9 Å². The molecule has 6 nitrogen and oxygen atoms in total. The number of rotatable bonds is 19. The van der Waals surface area contributed by atoms with E-state index in [2.05, 4.69) is 28.7 Å². The maximum Gasteiger partial charge on any atom is 0.306 e. The molecule has 0 fully saturated rings. The molecule has 0 bridgehead atoms. The van der Waals surface area contributed by atoms with E-state index in [1.165, 1.54) is 17.7 Å². The van der Waals surface area contributed by atoms with Gasteiger partial charge in [0, 0.05) is 16.4 Å². The number of hydrogen-bond donors (Lipinski definition) is 0. The molecule has 0 aromatic heterocycles. The van der Waals surface area contributed by atoms with E-state index in [9.17, 15) is 14.0 Å². The summed E-state index contributed by atoms with van der Waals surface area (Å²) in [4.78, 5) is 23.7. The van der Waals surface area contributed by atoms with Gasteiger partial charge in [-0.3, -0.25) is 9.59 Å². The molecule has 0 aliphatic carbocycles. The van der Waals surface area contributed by atoms with Gasteiger partial charge in [-0.15, -0.1) is 0 Å². The van der Waals surface area contributed by atoms with Gasteiger partial charge in [-0.2, -0.15) is 0 Å². The number of halogens is 2. The Morgan fingerprint density at radius 1 is 0.721 bits per heavy atom. The lowest BCUT2D eigenvalue weighted by molar-refractivity contribution is -0.144. The van der Waals surface area contributed by atoms with Gasteiger partial charge in [-0.1, -0.05) is 37.1 Å². The molecule has 0 atom stereocenters. The van der Waals surface area contributed by atoms with Crippen LogP contribution in [-0.4, -0.2) is 38.4 Å². The minimum Gasteiger partial charge on any atom is -0.494 e. The van der Waals surface area contributed by atoms with Crippen molar-refractivity contribution in [2.75, 3.05) is 26.4 Å². The molecular weight excluding hydrogens is 662 g/mol. The van der Waals surface area contributed by atoms with E-state index in [0.717, 1.165) is 63.9 Å². The molecule has 0 amide bonds. The maximum atomic E-state index is 13.7. The monoisotopic (exact) mass is 704 g/mol. The number of benzene rings is 3. The molecule has 0 aliphatic heterocycles. The molecule has 0 saturated heterocycles. The van der Waals surface area contributed by atoms with Gasteiger partial charge in [0.05, 0.1) is 26.4 Å². The van der Waals surface area contributed by atoms with E-state index in [0.29, 0.717) is 52.1 Å². The summed E-state index contributed by atoms with van der Waals surface area (Å²) in [6.07, 6.45) is 6.61. The maximum absolute atomic E-state index is 13.7. The first-order chi connectivity index (χ1) is 20.9. The van der Waals surface area contributed by atoms with E-state index in [-0.39, 0.29) is 17.8 Å². The van der Waals surface area contributed by atoms with Gasteiger partial charge in [0.15, 0.2) is 0 Å². The molecule has 0 saturated carbocycles. The number of carbonyl (C=O) groups is 2. The molecular formula is C35H42FIO6. The summed E-state index contributed by atoms with van der Waals surface area (Å²) in [6.45, 7) is 5.35. The lowest BCUT2D eigenvalue weighted by atomic mass is 9.96. The van der Waals surface area contributed by atoms with Crippen LogP contribution in [0.3, 0.4) is 0 Å². The van der Waals surface area contributed by atoms with Gasteiger partial charge in [-0.25, -0.2) is 4.39 Å². The molecule has 43 heavy (non-hydrogen) atoms. The first kappa shape index (κ1) is 34.4. The molecule has 0 aliphatic rings. The average molecular weight is 705 g/mol. The summed E-state index contributed by atoms with van der Waals surface area (Å²) < 4.78 is 37.0. The zero-order chi connectivity index (χ0) is 30.9. The largest absolute Gasteiger partial charge is 0.494 e. The van der Waals surface area contributed by atoms with Gasteiger partial charge >= 0.3 is 11.9 Å². The highest BCUT2D eigenvalue weighted by atomic mass is 127. The zero-order valence-electron chi connectivity index (χ0n) is 25.2. The van der Waals surface area contributed by atoms with Crippen LogP contribution in [0.25, 0.3) is 11.1 Å². The Hall–Kier alpha value is -3.14. The van der Waals surface area contributed by atoms with Crippen LogP contribution < -0.4 is 9.47 Å². The van der Waals surface area contributed by atoms with Crippen LogP contribution in [0.1, 0.15) is 69.9 Å². The summed E-state index contributed by atoms with van der Waals surface area (Å²) in [7, 11) is 0. The summed E-state index contributed by atoms with van der Waals surface area (Å²) in [5.41, 5.74) is 3.97. The molecule has 3 aromatic carbocycles. The normalized spacial score (nSPS) is 10.8. The van der Waals surface area contributed by atoms with Crippen molar-refractivity contribution in [2.45, 2.75) is 71.6 Å². The van der Waals surface area contributed by atoms with Crippen molar-refractivity contribution in [3.63, 3.8) is 0 Å². The number of hydrogen-bond acceptors (Lipinski definition) is 6. The van der Waals surface area contributed by atoms with Crippen molar-refractivity contribution in [1.82, 2.24) is 0 Å². The predicted molar refractivity (Wildman–Crippen MR) is 175 cm³/mol. The van der Waals surface area contributed by atoms with Gasteiger partial charge in [-0.05, 0) is 127 Å². The topological polar surface area (TPSA) is 71.1 Å². The molecule has 0 N–H and O–H groups in total.